The summed E-state index contributed by atoms with van der Waals surface area (Å²) < 4.78 is 6.69. The van der Waals surface area contributed by atoms with Gasteiger partial charge in [-0.2, -0.15) is 0 Å². The molecule has 1 aromatic carbocycles. The van der Waals surface area contributed by atoms with Crippen LogP contribution in [0.1, 0.15) is 36.7 Å². The standard InChI is InChI=1S/C15H21N5O2/c1-11(2)20-14(17-18-19-20)12-6-4-7-13(10-12)15(21)16-8-5-9-22-3/h4,6-7,10-11H,5,8-9H2,1-3H3,(H,16,21). The van der Waals surface area contributed by atoms with Crippen LogP contribution in [0.25, 0.3) is 11.4 Å². The molecule has 0 bridgehead atoms. The van der Waals surface area contributed by atoms with E-state index in [9.17, 15) is 4.79 Å². The maximum Gasteiger partial charge on any atom is 0.251 e. The van der Waals surface area contributed by atoms with Crippen LogP contribution in [0.4, 0.5) is 0 Å². The molecule has 22 heavy (non-hydrogen) atoms. The minimum atomic E-state index is -0.110. The third-order valence-electron chi connectivity index (χ3n) is 3.18. The van der Waals surface area contributed by atoms with E-state index in [0.29, 0.717) is 24.5 Å². The first kappa shape index (κ1) is 16.1. The van der Waals surface area contributed by atoms with E-state index in [1.54, 1.807) is 23.9 Å². The number of carbonyl (C=O) groups excluding carboxylic acids is 1. The van der Waals surface area contributed by atoms with Crippen molar-refractivity contribution in [3.8, 4) is 11.4 Å². The van der Waals surface area contributed by atoms with E-state index >= 15 is 0 Å². The van der Waals surface area contributed by atoms with E-state index in [1.807, 2.05) is 26.0 Å². The van der Waals surface area contributed by atoms with Gasteiger partial charge in [0, 0.05) is 31.4 Å². The Kier molecular flexibility index (Phi) is 5.60. The molecule has 0 saturated heterocycles. The first-order chi connectivity index (χ1) is 10.6. The lowest BCUT2D eigenvalue weighted by molar-refractivity contribution is 0.0948. The van der Waals surface area contributed by atoms with Crippen molar-refractivity contribution >= 4 is 5.91 Å². The largest absolute Gasteiger partial charge is 0.385 e. The Hall–Kier alpha value is -2.28. The zero-order valence-corrected chi connectivity index (χ0v) is 13.1. The number of methoxy groups -OCH3 is 1. The van der Waals surface area contributed by atoms with Gasteiger partial charge in [-0.3, -0.25) is 4.79 Å². The monoisotopic (exact) mass is 303 g/mol. The van der Waals surface area contributed by atoms with Crippen molar-refractivity contribution in [1.29, 1.82) is 0 Å². The summed E-state index contributed by atoms with van der Waals surface area (Å²) in [6.45, 7) is 5.22. The number of ether oxygens (including phenoxy) is 1. The molecule has 0 atom stereocenters. The minimum Gasteiger partial charge on any atom is -0.385 e. The maximum atomic E-state index is 12.1. The predicted octanol–water partition coefficient (Wildman–Crippen LogP) is 1.69. The molecule has 1 amide bonds. The smallest absolute Gasteiger partial charge is 0.251 e. The molecular weight excluding hydrogens is 282 g/mol. The second-order valence-electron chi connectivity index (χ2n) is 5.22. The number of rotatable bonds is 7. The lowest BCUT2D eigenvalue weighted by Crippen LogP contribution is -2.25. The van der Waals surface area contributed by atoms with Gasteiger partial charge in [0.05, 0.1) is 6.04 Å². The Balaban J connectivity index is 2.13. The summed E-state index contributed by atoms with van der Waals surface area (Å²) in [6, 6.07) is 7.46. The molecule has 0 aliphatic carbocycles. The molecule has 0 radical (unpaired) electrons. The van der Waals surface area contributed by atoms with Crippen molar-refractivity contribution in [3.63, 3.8) is 0 Å². The molecule has 0 saturated carbocycles. The summed E-state index contributed by atoms with van der Waals surface area (Å²) in [6.07, 6.45) is 0.785. The lowest BCUT2D eigenvalue weighted by Gasteiger charge is -2.09. The molecule has 2 aromatic rings. The SMILES string of the molecule is COCCCNC(=O)c1cccc(-c2nnnn2C(C)C)c1. The molecule has 7 heteroatoms. The molecule has 2 rings (SSSR count). The van der Waals surface area contributed by atoms with E-state index in [2.05, 4.69) is 20.8 Å². The van der Waals surface area contributed by atoms with Gasteiger partial charge in [-0.15, -0.1) is 5.10 Å². The Labute approximate surface area is 129 Å². The van der Waals surface area contributed by atoms with E-state index in [4.69, 9.17) is 4.74 Å². The highest BCUT2D eigenvalue weighted by Crippen LogP contribution is 2.20. The maximum absolute atomic E-state index is 12.1. The van der Waals surface area contributed by atoms with Crippen molar-refractivity contribution in [2.24, 2.45) is 0 Å². The van der Waals surface area contributed by atoms with E-state index in [0.717, 1.165) is 12.0 Å². The van der Waals surface area contributed by atoms with Crippen molar-refractivity contribution < 1.29 is 9.53 Å². The van der Waals surface area contributed by atoms with Crippen molar-refractivity contribution in [1.82, 2.24) is 25.5 Å². The molecular formula is C15H21N5O2. The number of tetrazole rings is 1. The zero-order valence-electron chi connectivity index (χ0n) is 13.1. The van der Waals surface area contributed by atoms with Crippen LogP contribution in [0.15, 0.2) is 24.3 Å². The fraction of sp³-hybridized carbons (Fsp3) is 0.467. The molecule has 0 fully saturated rings. The number of aromatic nitrogens is 4. The van der Waals surface area contributed by atoms with Gasteiger partial charge >= 0.3 is 0 Å². The fourth-order valence-corrected chi connectivity index (χ4v) is 2.05. The average molecular weight is 303 g/mol. The third kappa shape index (κ3) is 3.88. The van der Waals surface area contributed by atoms with Gasteiger partial charge in [0.2, 0.25) is 0 Å². The molecule has 0 spiro atoms. The van der Waals surface area contributed by atoms with Gasteiger partial charge in [-0.05, 0) is 42.8 Å². The van der Waals surface area contributed by atoms with Crippen LogP contribution in [0, 0.1) is 0 Å². The highest BCUT2D eigenvalue weighted by molar-refractivity contribution is 5.95. The first-order valence-corrected chi connectivity index (χ1v) is 7.29. The fourth-order valence-electron chi connectivity index (χ4n) is 2.05. The molecule has 1 aromatic heterocycles. The van der Waals surface area contributed by atoms with Crippen LogP contribution < -0.4 is 5.32 Å². The van der Waals surface area contributed by atoms with Crippen LogP contribution >= 0.6 is 0 Å². The Bertz CT molecular complexity index is 624. The first-order valence-electron chi connectivity index (χ1n) is 7.29. The molecule has 1 N–H and O–H groups in total. The lowest BCUT2D eigenvalue weighted by atomic mass is 10.1. The van der Waals surface area contributed by atoms with Crippen LogP contribution in [0.3, 0.4) is 0 Å². The molecule has 0 unspecified atom stereocenters. The molecule has 118 valence electrons. The van der Waals surface area contributed by atoms with E-state index in [-0.39, 0.29) is 11.9 Å². The Morgan fingerprint density at radius 3 is 2.95 bits per heavy atom. The normalized spacial score (nSPS) is 10.9. The van der Waals surface area contributed by atoms with Crippen molar-refractivity contribution in [2.45, 2.75) is 26.3 Å². The van der Waals surface area contributed by atoms with Crippen molar-refractivity contribution in [3.05, 3.63) is 29.8 Å². The summed E-state index contributed by atoms with van der Waals surface area (Å²) in [5.74, 6) is 0.547. The zero-order chi connectivity index (χ0) is 15.9. The second-order valence-corrected chi connectivity index (χ2v) is 5.22. The topological polar surface area (TPSA) is 81.9 Å². The van der Waals surface area contributed by atoms with Crippen LogP contribution in [0.5, 0.6) is 0 Å². The quantitative estimate of drug-likeness (QED) is 0.787. The van der Waals surface area contributed by atoms with E-state index < -0.39 is 0 Å². The molecule has 1 heterocycles. The number of benzene rings is 1. The number of nitrogens with zero attached hydrogens (tertiary/aromatic N) is 4. The third-order valence-corrected chi connectivity index (χ3v) is 3.18. The Morgan fingerprint density at radius 2 is 2.23 bits per heavy atom. The molecule has 0 aliphatic heterocycles. The second kappa shape index (κ2) is 7.65. The van der Waals surface area contributed by atoms with Gasteiger partial charge < -0.3 is 10.1 Å². The van der Waals surface area contributed by atoms with Crippen LogP contribution in [-0.4, -0.2) is 46.4 Å². The summed E-state index contributed by atoms with van der Waals surface area (Å²) in [4.78, 5) is 12.1. The number of amides is 1. The number of nitrogens with one attached hydrogen (secondary N) is 1. The van der Waals surface area contributed by atoms with Gasteiger partial charge in [0.15, 0.2) is 5.82 Å². The van der Waals surface area contributed by atoms with Gasteiger partial charge in [0.25, 0.3) is 5.91 Å². The van der Waals surface area contributed by atoms with Crippen LogP contribution in [0.2, 0.25) is 0 Å². The van der Waals surface area contributed by atoms with Gasteiger partial charge in [0.1, 0.15) is 0 Å². The summed E-state index contributed by atoms with van der Waals surface area (Å²) in [7, 11) is 1.64. The van der Waals surface area contributed by atoms with Crippen LogP contribution in [-0.2, 0) is 4.74 Å². The van der Waals surface area contributed by atoms with Gasteiger partial charge in [-0.25, -0.2) is 4.68 Å². The van der Waals surface area contributed by atoms with Crippen molar-refractivity contribution in [2.75, 3.05) is 20.3 Å². The highest BCUT2D eigenvalue weighted by Gasteiger charge is 2.13. The molecule has 0 aliphatic rings. The summed E-state index contributed by atoms with van der Waals surface area (Å²) >= 11 is 0. The summed E-state index contributed by atoms with van der Waals surface area (Å²) in [5, 5.41) is 14.6. The van der Waals surface area contributed by atoms with E-state index in [1.165, 1.54) is 0 Å². The highest BCUT2D eigenvalue weighted by atomic mass is 16.5. The van der Waals surface area contributed by atoms with Gasteiger partial charge in [-0.1, -0.05) is 12.1 Å². The minimum absolute atomic E-state index is 0.110. The molecule has 7 nitrogen and oxygen atoms in total. The Morgan fingerprint density at radius 1 is 1.41 bits per heavy atom. The summed E-state index contributed by atoms with van der Waals surface area (Å²) in [5.41, 5.74) is 1.41. The number of carbonyl (C=O) groups is 1. The number of hydrogen-bond donors (Lipinski definition) is 1. The average Bonchev–Trinajstić information content (AvgIpc) is 3.01. The number of hydrogen-bond acceptors (Lipinski definition) is 5. The predicted molar refractivity (Wildman–Crippen MR) is 82.5 cm³/mol.